The van der Waals surface area contributed by atoms with Gasteiger partial charge < -0.3 is 10.6 Å². The number of imide groups is 1. The van der Waals surface area contributed by atoms with E-state index in [1.807, 2.05) is 12.1 Å². The molecule has 2 N–H and O–H groups in total. The maximum atomic E-state index is 13.1. The number of nitrogens with one attached hydrogen (secondary N) is 2. The summed E-state index contributed by atoms with van der Waals surface area (Å²) in [5.41, 5.74) is 3.25. The molecular weight excluding hydrogens is 464 g/mol. The van der Waals surface area contributed by atoms with Gasteiger partial charge in [0, 0.05) is 36.8 Å². The predicted octanol–water partition coefficient (Wildman–Crippen LogP) is 3.58. The lowest BCUT2D eigenvalue weighted by atomic mass is 10.1. The molecule has 4 amide bonds. The first-order valence-electron chi connectivity index (χ1n) is 11.6. The number of amides is 4. The Labute approximate surface area is 206 Å². The first kappa shape index (κ1) is 22.9. The Hall–Kier alpha value is -3.85. The molecule has 0 spiro atoms. The molecule has 2 aromatic heterocycles. The van der Waals surface area contributed by atoms with Gasteiger partial charge in [-0.25, -0.2) is 0 Å². The van der Waals surface area contributed by atoms with Crippen molar-refractivity contribution in [1.82, 2.24) is 15.2 Å². The Bertz CT molecular complexity index is 1280. The van der Waals surface area contributed by atoms with Crippen molar-refractivity contribution < 1.29 is 19.2 Å². The van der Waals surface area contributed by atoms with Gasteiger partial charge in [-0.15, -0.1) is 11.3 Å². The van der Waals surface area contributed by atoms with E-state index in [2.05, 4.69) is 15.6 Å². The van der Waals surface area contributed by atoms with Crippen LogP contribution in [0.1, 0.15) is 66.3 Å². The van der Waals surface area contributed by atoms with Crippen LogP contribution in [0.5, 0.6) is 0 Å². The molecule has 0 saturated heterocycles. The number of thiophene rings is 1. The highest BCUT2D eigenvalue weighted by Gasteiger charge is 2.34. The molecule has 0 atom stereocenters. The van der Waals surface area contributed by atoms with E-state index in [0.717, 1.165) is 35.3 Å². The molecule has 8 nitrogen and oxygen atoms in total. The van der Waals surface area contributed by atoms with E-state index >= 15 is 0 Å². The highest BCUT2D eigenvalue weighted by molar-refractivity contribution is 7.17. The van der Waals surface area contributed by atoms with E-state index in [1.54, 1.807) is 36.7 Å². The van der Waals surface area contributed by atoms with E-state index in [0.29, 0.717) is 34.7 Å². The maximum absolute atomic E-state index is 13.1. The highest BCUT2D eigenvalue weighted by Crippen LogP contribution is 2.39. The van der Waals surface area contributed by atoms with Crippen molar-refractivity contribution in [3.63, 3.8) is 0 Å². The molecule has 35 heavy (non-hydrogen) atoms. The van der Waals surface area contributed by atoms with Crippen LogP contribution in [0.25, 0.3) is 0 Å². The van der Waals surface area contributed by atoms with Gasteiger partial charge in [0.15, 0.2) is 0 Å². The summed E-state index contributed by atoms with van der Waals surface area (Å²) < 4.78 is 0. The zero-order valence-electron chi connectivity index (χ0n) is 19.0. The molecule has 0 unspecified atom stereocenters. The van der Waals surface area contributed by atoms with Crippen molar-refractivity contribution in [3.05, 3.63) is 81.5 Å². The highest BCUT2D eigenvalue weighted by atomic mass is 32.1. The van der Waals surface area contributed by atoms with Gasteiger partial charge in [0.1, 0.15) is 5.00 Å². The molecule has 1 aromatic carbocycles. The second kappa shape index (κ2) is 9.79. The Kier molecular flexibility index (Phi) is 6.41. The first-order valence-corrected chi connectivity index (χ1v) is 12.4. The molecule has 5 rings (SSSR count). The SMILES string of the molecule is O=C(CCCN1C(=O)c2ccccc2C1=O)Nc1sc2c(c1C(=O)NCc1cccnc1)CCC2. The third-order valence-corrected chi connectivity index (χ3v) is 7.45. The summed E-state index contributed by atoms with van der Waals surface area (Å²) in [6.45, 7) is 0.518. The van der Waals surface area contributed by atoms with Crippen molar-refractivity contribution in [1.29, 1.82) is 0 Å². The Morgan fingerprint density at radius 3 is 2.51 bits per heavy atom. The number of carbonyl (C=O) groups is 4. The van der Waals surface area contributed by atoms with Crippen LogP contribution in [0.4, 0.5) is 5.00 Å². The van der Waals surface area contributed by atoms with Crippen molar-refractivity contribution in [2.24, 2.45) is 0 Å². The first-order chi connectivity index (χ1) is 17.0. The lowest BCUT2D eigenvalue weighted by molar-refractivity contribution is -0.116. The van der Waals surface area contributed by atoms with Crippen LogP contribution in [0.2, 0.25) is 0 Å². The van der Waals surface area contributed by atoms with Crippen molar-refractivity contribution in [2.75, 3.05) is 11.9 Å². The fraction of sp³-hybridized carbons (Fsp3) is 0.269. The van der Waals surface area contributed by atoms with Crippen LogP contribution in [-0.2, 0) is 24.2 Å². The number of nitrogens with zero attached hydrogens (tertiary/aromatic N) is 2. The fourth-order valence-electron chi connectivity index (χ4n) is 4.54. The molecule has 2 aliphatic rings. The second-order valence-electron chi connectivity index (χ2n) is 8.56. The summed E-state index contributed by atoms with van der Waals surface area (Å²) in [5.74, 6) is -1.11. The molecule has 0 bridgehead atoms. The number of benzene rings is 1. The molecule has 9 heteroatoms. The third kappa shape index (κ3) is 4.59. The third-order valence-electron chi connectivity index (χ3n) is 6.24. The molecule has 1 aliphatic heterocycles. The quantitative estimate of drug-likeness (QED) is 0.471. The van der Waals surface area contributed by atoms with E-state index in [9.17, 15) is 19.2 Å². The minimum atomic E-state index is -0.326. The van der Waals surface area contributed by atoms with Gasteiger partial charge in [-0.2, -0.15) is 0 Å². The lowest BCUT2D eigenvalue weighted by Crippen LogP contribution is -2.31. The Morgan fingerprint density at radius 2 is 1.80 bits per heavy atom. The summed E-state index contributed by atoms with van der Waals surface area (Å²) in [5, 5.41) is 6.40. The standard InChI is InChI=1S/C26H24N4O4S/c31-21(11-5-13-30-25(33)17-7-1-2-8-18(17)26(30)34)29-24-22(19-9-3-10-20(19)35-24)23(32)28-15-16-6-4-12-27-14-16/h1-2,4,6-8,12,14H,3,5,9-11,13,15H2,(H,28,32)(H,29,31). The molecular formula is C26H24N4O4S. The van der Waals surface area contributed by atoms with Gasteiger partial charge in [-0.1, -0.05) is 18.2 Å². The molecule has 3 heterocycles. The average molecular weight is 489 g/mol. The number of fused-ring (bicyclic) bond motifs is 2. The van der Waals surface area contributed by atoms with Crippen LogP contribution in [0.15, 0.2) is 48.8 Å². The number of hydrogen-bond acceptors (Lipinski definition) is 6. The van der Waals surface area contributed by atoms with Gasteiger partial charge in [0.25, 0.3) is 17.7 Å². The number of hydrogen-bond donors (Lipinski definition) is 2. The summed E-state index contributed by atoms with van der Waals surface area (Å²) in [4.78, 5) is 57.2. The second-order valence-corrected chi connectivity index (χ2v) is 9.67. The van der Waals surface area contributed by atoms with Crippen molar-refractivity contribution in [2.45, 2.75) is 38.6 Å². The zero-order chi connectivity index (χ0) is 24.4. The predicted molar refractivity (Wildman–Crippen MR) is 131 cm³/mol. The van der Waals surface area contributed by atoms with Gasteiger partial charge in [-0.05, 0) is 55.0 Å². The average Bonchev–Trinajstić information content (AvgIpc) is 3.52. The van der Waals surface area contributed by atoms with Crippen molar-refractivity contribution in [3.8, 4) is 0 Å². The monoisotopic (exact) mass is 488 g/mol. The Balaban J connectivity index is 1.20. The number of aromatic nitrogens is 1. The maximum Gasteiger partial charge on any atom is 0.261 e. The minimum absolute atomic E-state index is 0.132. The van der Waals surface area contributed by atoms with Gasteiger partial charge in [0.05, 0.1) is 16.7 Å². The largest absolute Gasteiger partial charge is 0.348 e. The number of aryl methyl sites for hydroxylation is 1. The lowest BCUT2D eigenvalue weighted by Gasteiger charge is -2.13. The summed E-state index contributed by atoms with van der Waals surface area (Å²) >= 11 is 1.45. The molecule has 1 aliphatic carbocycles. The van der Waals surface area contributed by atoms with Crippen molar-refractivity contribution >= 4 is 40.0 Å². The number of rotatable bonds is 8. The van der Waals surface area contributed by atoms with Crippen LogP contribution in [-0.4, -0.2) is 40.1 Å². The number of anilines is 1. The van der Waals surface area contributed by atoms with Crippen LogP contribution >= 0.6 is 11.3 Å². The molecule has 178 valence electrons. The fourth-order valence-corrected chi connectivity index (χ4v) is 5.84. The number of pyridine rings is 1. The summed E-state index contributed by atoms with van der Waals surface area (Å²) in [6.07, 6.45) is 6.57. The molecule has 0 radical (unpaired) electrons. The molecule has 3 aromatic rings. The Morgan fingerprint density at radius 1 is 1.03 bits per heavy atom. The van der Waals surface area contributed by atoms with E-state index < -0.39 is 0 Å². The summed E-state index contributed by atoms with van der Waals surface area (Å²) in [7, 11) is 0. The van der Waals surface area contributed by atoms with Crippen LogP contribution in [0, 0.1) is 0 Å². The topological polar surface area (TPSA) is 108 Å². The number of carbonyl (C=O) groups excluding carboxylic acids is 4. The van der Waals surface area contributed by atoms with Crippen LogP contribution < -0.4 is 10.6 Å². The van der Waals surface area contributed by atoms with E-state index in [1.165, 1.54) is 16.2 Å². The summed E-state index contributed by atoms with van der Waals surface area (Å²) in [6, 6.07) is 10.4. The van der Waals surface area contributed by atoms with Gasteiger partial charge in [0.2, 0.25) is 5.91 Å². The minimum Gasteiger partial charge on any atom is -0.348 e. The zero-order valence-corrected chi connectivity index (χ0v) is 19.8. The van der Waals surface area contributed by atoms with Gasteiger partial charge in [-0.3, -0.25) is 29.1 Å². The van der Waals surface area contributed by atoms with Crippen LogP contribution in [0.3, 0.4) is 0 Å². The molecule has 0 fully saturated rings. The normalized spacial score (nSPS) is 14.1. The van der Waals surface area contributed by atoms with E-state index in [-0.39, 0.29) is 36.6 Å². The molecule has 0 saturated carbocycles. The smallest absolute Gasteiger partial charge is 0.261 e. The van der Waals surface area contributed by atoms with Gasteiger partial charge >= 0.3 is 0 Å². The van der Waals surface area contributed by atoms with E-state index in [4.69, 9.17) is 0 Å².